The van der Waals surface area contributed by atoms with Gasteiger partial charge in [-0.05, 0) is 12.1 Å². The summed E-state index contributed by atoms with van der Waals surface area (Å²) in [5, 5.41) is 11.8. The number of carbonyl (C=O) groups is 4. The normalized spacial score (nSPS) is 20.6. The van der Waals surface area contributed by atoms with Gasteiger partial charge in [0.2, 0.25) is 5.91 Å². The minimum atomic E-state index is -1.25. The molecule has 1 unspecified atom stereocenters. The van der Waals surface area contributed by atoms with Crippen LogP contribution in [0.2, 0.25) is 0 Å². The van der Waals surface area contributed by atoms with Crippen molar-refractivity contribution in [2.75, 3.05) is 18.1 Å². The third-order valence-corrected chi connectivity index (χ3v) is 6.71. The maximum atomic E-state index is 12.5. The van der Waals surface area contributed by atoms with Crippen LogP contribution in [0.15, 0.2) is 46.5 Å². The van der Waals surface area contributed by atoms with Crippen molar-refractivity contribution in [3.8, 4) is 0 Å². The van der Waals surface area contributed by atoms with Gasteiger partial charge >= 0.3 is 11.9 Å². The summed E-state index contributed by atoms with van der Waals surface area (Å²) >= 11 is 2.89. The molecule has 1 aromatic carbocycles. The summed E-state index contributed by atoms with van der Waals surface area (Å²) in [5.41, 5.74) is 0.205. The zero-order valence-corrected chi connectivity index (χ0v) is 17.3. The van der Waals surface area contributed by atoms with E-state index < -0.39 is 29.3 Å². The number of esters is 1. The SMILES string of the molecule is CC(=O)OCC1=C(C(=O)O)N2C(=O)C(NC(=O)CCSc3ccccc3)[C@@H]2SC1. The average molecular weight is 437 g/mol. The molecule has 0 radical (unpaired) electrons. The predicted molar refractivity (Wildman–Crippen MR) is 108 cm³/mol. The number of nitrogens with one attached hydrogen (secondary N) is 1. The second kappa shape index (κ2) is 9.36. The van der Waals surface area contributed by atoms with E-state index in [1.165, 1.54) is 23.6 Å². The molecule has 2 aliphatic heterocycles. The van der Waals surface area contributed by atoms with Crippen LogP contribution in [0.5, 0.6) is 0 Å². The van der Waals surface area contributed by atoms with Gasteiger partial charge in [-0.25, -0.2) is 4.79 Å². The predicted octanol–water partition coefficient (Wildman–Crippen LogP) is 1.47. The van der Waals surface area contributed by atoms with E-state index in [4.69, 9.17) is 4.74 Å². The summed E-state index contributed by atoms with van der Waals surface area (Å²) in [7, 11) is 0. The molecule has 2 atom stereocenters. The second-order valence-electron chi connectivity index (χ2n) is 6.40. The molecule has 0 bridgehead atoms. The molecule has 1 fully saturated rings. The number of carboxylic acid groups (broad SMARTS) is 1. The fraction of sp³-hybridized carbons (Fsp3) is 0.368. The van der Waals surface area contributed by atoms with Crippen LogP contribution in [0.4, 0.5) is 0 Å². The van der Waals surface area contributed by atoms with Crippen molar-refractivity contribution in [1.29, 1.82) is 0 Å². The number of benzene rings is 1. The maximum Gasteiger partial charge on any atom is 0.352 e. The zero-order valence-electron chi connectivity index (χ0n) is 15.6. The lowest BCUT2D eigenvalue weighted by atomic mass is 10.0. The summed E-state index contributed by atoms with van der Waals surface area (Å²) in [6.07, 6.45) is 0.250. The molecule has 1 saturated heterocycles. The molecule has 2 amide bonds. The number of carbonyl (C=O) groups excluding carboxylic acids is 3. The number of hydrogen-bond donors (Lipinski definition) is 2. The van der Waals surface area contributed by atoms with Crippen LogP contribution in [-0.4, -0.2) is 63.3 Å². The fourth-order valence-corrected chi connectivity index (χ4v) is 5.21. The summed E-state index contributed by atoms with van der Waals surface area (Å²) in [6, 6.07) is 8.94. The van der Waals surface area contributed by atoms with Gasteiger partial charge < -0.3 is 15.2 Å². The number of nitrogens with zero attached hydrogens (tertiary/aromatic N) is 1. The van der Waals surface area contributed by atoms with Gasteiger partial charge in [-0.15, -0.1) is 23.5 Å². The number of ether oxygens (including phenoxy) is 1. The van der Waals surface area contributed by atoms with Crippen molar-refractivity contribution < 1.29 is 29.0 Å². The molecule has 10 heteroatoms. The number of aliphatic carboxylic acids is 1. The first-order valence-corrected chi connectivity index (χ1v) is 10.9. The Balaban J connectivity index is 1.56. The van der Waals surface area contributed by atoms with Crippen molar-refractivity contribution in [3.05, 3.63) is 41.6 Å². The van der Waals surface area contributed by atoms with Gasteiger partial charge in [0.1, 0.15) is 23.7 Å². The third-order valence-electron chi connectivity index (χ3n) is 4.36. The van der Waals surface area contributed by atoms with Crippen LogP contribution in [0.1, 0.15) is 13.3 Å². The largest absolute Gasteiger partial charge is 0.477 e. The summed E-state index contributed by atoms with van der Waals surface area (Å²) in [5.74, 6) is -1.62. The average Bonchev–Trinajstić information content (AvgIpc) is 2.70. The van der Waals surface area contributed by atoms with E-state index in [2.05, 4.69) is 5.32 Å². The van der Waals surface area contributed by atoms with Crippen LogP contribution < -0.4 is 5.32 Å². The monoisotopic (exact) mass is 436 g/mol. The Morgan fingerprint density at radius 2 is 2.03 bits per heavy atom. The first-order valence-electron chi connectivity index (χ1n) is 8.89. The number of rotatable bonds is 8. The van der Waals surface area contributed by atoms with E-state index >= 15 is 0 Å². The Kier molecular flexibility index (Phi) is 6.86. The second-order valence-corrected chi connectivity index (χ2v) is 8.68. The molecule has 2 aliphatic rings. The highest BCUT2D eigenvalue weighted by atomic mass is 32.2. The Morgan fingerprint density at radius 3 is 2.69 bits per heavy atom. The van der Waals surface area contributed by atoms with Gasteiger partial charge in [0.05, 0.1) is 0 Å². The van der Waals surface area contributed by atoms with Gasteiger partial charge in [-0.2, -0.15) is 0 Å². The Labute approximate surface area is 176 Å². The molecule has 0 spiro atoms. The van der Waals surface area contributed by atoms with E-state index in [0.717, 1.165) is 4.90 Å². The molecule has 0 aromatic heterocycles. The number of carboxylic acids is 1. The fourth-order valence-electron chi connectivity index (χ4n) is 3.01. The minimum Gasteiger partial charge on any atom is -0.477 e. The highest BCUT2D eigenvalue weighted by Crippen LogP contribution is 2.40. The Hall–Kier alpha value is -2.46. The molecule has 8 nitrogen and oxygen atoms in total. The Bertz CT molecular complexity index is 858. The van der Waals surface area contributed by atoms with Crippen molar-refractivity contribution in [2.45, 2.75) is 29.7 Å². The first-order chi connectivity index (χ1) is 13.9. The van der Waals surface area contributed by atoms with Gasteiger partial charge in [0, 0.05) is 35.3 Å². The molecule has 0 saturated carbocycles. The van der Waals surface area contributed by atoms with Crippen molar-refractivity contribution in [2.24, 2.45) is 0 Å². The number of β-lactam (4-membered cyclic amide) rings is 1. The van der Waals surface area contributed by atoms with Crippen LogP contribution >= 0.6 is 23.5 Å². The first kappa shape index (κ1) is 21.3. The van der Waals surface area contributed by atoms with Gasteiger partial charge in [0.25, 0.3) is 5.91 Å². The number of hydrogen-bond acceptors (Lipinski definition) is 7. The summed E-state index contributed by atoms with van der Waals surface area (Å²) < 4.78 is 4.89. The van der Waals surface area contributed by atoms with Crippen LogP contribution in [0, 0.1) is 0 Å². The van der Waals surface area contributed by atoms with Gasteiger partial charge in [-0.1, -0.05) is 18.2 Å². The van der Waals surface area contributed by atoms with Crippen molar-refractivity contribution >= 4 is 47.3 Å². The topological polar surface area (TPSA) is 113 Å². The minimum absolute atomic E-state index is 0.162. The molecule has 1 aromatic rings. The van der Waals surface area contributed by atoms with Crippen LogP contribution in [0.3, 0.4) is 0 Å². The number of amides is 2. The molecule has 29 heavy (non-hydrogen) atoms. The van der Waals surface area contributed by atoms with E-state index in [1.54, 1.807) is 11.8 Å². The molecule has 154 valence electrons. The van der Waals surface area contributed by atoms with Gasteiger partial charge in [-0.3, -0.25) is 19.3 Å². The van der Waals surface area contributed by atoms with Crippen LogP contribution in [0.25, 0.3) is 0 Å². The van der Waals surface area contributed by atoms with Crippen molar-refractivity contribution in [1.82, 2.24) is 10.2 Å². The quantitative estimate of drug-likeness (QED) is 0.358. The van der Waals surface area contributed by atoms with Gasteiger partial charge in [0.15, 0.2) is 0 Å². The molecule has 2 N–H and O–H groups in total. The van der Waals surface area contributed by atoms with E-state index in [9.17, 15) is 24.3 Å². The van der Waals surface area contributed by atoms with E-state index in [-0.39, 0.29) is 24.6 Å². The number of fused-ring (bicyclic) bond motifs is 1. The number of thioether (sulfide) groups is 2. The van der Waals surface area contributed by atoms with E-state index in [0.29, 0.717) is 17.1 Å². The molecule has 3 rings (SSSR count). The standard InChI is InChI=1S/C19H20N2O6S2/c1-11(22)27-9-12-10-29-18-15(17(24)21(18)16(12)19(25)26)20-14(23)7-8-28-13-5-3-2-4-6-13/h2-6,15,18H,7-10H2,1H3,(H,20,23)(H,25,26)/t15?,18-/m0/s1. The lowest BCUT2D eigenvalue weighted by Gasteiger charge is -2.49. The lowest BCUT2D eigenvalue weighted by Crippen LogP contribution is -2.70. The highest BCUT2D eigenvalue weighted by molar-refractivity contribution is 8.00. The lowest BCUT2D eigenvalue weighted by molar-refractivity contribution is -0.151. The van der Waals surface area contributed by atoms with Crippen LogP contribution in [-0.2, 0) is 23.9 Å². The smallest absolute Gasteiger partial charge is 0.352 e. The maximum absolute atomic E-state index is 12.5. The zero-order chi connectivity index (χ0) is 21.0. The molecular formula is C19H20N2O6S2. The highest BCUT2D eigenvalue weighted by Gasteiger charge is 2.54. The molecule has 0 aliphatic carbocycles. The Morgan fingerprint density at radius 1 is 1.31 bits per heavy atom. The molecule has 2 heterocycles. The summed E-state index contributed by atoms with van der Waals surface area (Å²) in [4.78, 5) is 49.6. The van der Waals surface area contributed by atoms with Crippen molar-refractivity contribution in [3.63, 3.8) is 0 Å². The summed E-state index contributed by atoms with van der Waals surface area (Å²) in [6.45, 7) is 1.06. The van der Waals surface area contributed by atoms with E-state index in [1.807, 2.05) is 30.3 Å². The molecular weight excluding hydrogens is 416 g/mol. The third kappa shape index (κ3) is 4.94.